The van der Waals surface area contributed by atoms with E-state index in [0.29, 0.717) is 6.42 Å². The number of nitrogens with zero attached hydrogens (tertiary/aromatic N) is 1. The molecule has 0 fully saturated rings. The molecule has 0 radical (unpaired) electrons. The zero-order chi connectivity index (χ0) is 25.5. The summed E-state index contributed by atoms with van der Waals surface area (Å²) >= 11 is 0. The lowest BCUT2D eigenvalue weighted by Crippen LogP contribution is -2.28. The zero-order valence-electron chi connectivity index (χ0n) is 19.8. The number of hydrogen-bond acceptors (Lipinski definition) is 7. The van der Waals surface area contributed by atoms with Crippen LogP contribution in [-0.2, 0) is 26.7 Å². The normalized spacial score (nSPS) is 13.8. The van der Waals surface area contributed by atoms with Crippen molar-refractivity contribution in [3.63, 3.8) is 0 Å². The Hall–Kier alpha value is -2.34. The van der Waals surface area contributed by atoms with Crippen molar-refractivity contribution in [1.82, 2.24) is 0 Å². The molecule has 0 saturated carbocycles. The molecule has 2 unspecified atom stereocenters. The molecule has 0 amide bonds. The molecule has 2 aromatic carbocycles. The van der Waals surface area contributed by atoms with Gasteiger partial charge in [-0.15, -0.1) is 0 Å². The van der Waals surface area contributed by atoms with Crippen LogP contribution in [0.1, 0.15) is 51.7 Å². The van der Waals surface area contributed by atoms with Crippen molar-refractivity contribution in [2.24, 2.45) is 0 Å². The van der Waals surface area contributed by atoms with Gasteiger partial charge in [0.05, 0.1) is 0 Å². The molecule has 11 heteroatoms. The standard InChI is InChI=1S/C23H33NO8S2/c1-5-22(33(25,26)27)31-20-14-11-18(16-21(20)32-23(6-2)34(28,29)30)15-17-9-12-19(13-10-17)24(7-3)8-4/h9-14,16,22-23H,5-8,15H2,1-4H3,(H,25,26,27)(H,28,29,30). The Balaban J connectivity index is 2.39. The van der Waals surface area contributed by atoms with Crippen LogP contribution in [0, 0.1) is 0 Å². The molecule has 0 spiro atoms. The Morgan fingerprint density at radius 1 is 0.735 bits per heavy atom. The number of rotatable bonds is 13. The fraction of sp³-hybridized carbons (Fsp3) is 0.478. The molecule has 0 saturated heterocycles. The van der Waals surface area contributed by atoms with Gasteiger partial charge in [0, 0.05) is 18.8 Å². The van der Waals surface area contributed by atoms with Crippen molar-refractivity contribution in [2.45, 2.75) is 57.8 Å². The third kappa shape index (κ3) is 7.59. The van der Waals surface area contributed by atoms with Crippen molar-refractivity contribution < 1.29 is 35.4 Å². The summed E-state index contributed by atoms with van der Waals surface area (Å²) in [5.41, 5.74) is -0.260. The summed E-state index contributed by atoms with van der Waals surface area (Å²) in [5.74, 6) is -0.115. The van der Waals surface area contributed by atoms with Gasteiger partial charge in [0.15, 0.2) is 11.5 Å². The van der Waals surface area contributed by atoms with Crippen molar-refractivity contribution in [3.05, 3.63) is 53.6 Å². The molecule has 0 aliphatic heterocycles. The average Bonchev–Trinajstić information content (AvgIpc) is 2.77. The van der Waals surface area contributed by atoms with Crippen LogP contribution in [-0.4, -0.2) is 49.9 Å². The van der Waals surface area contributed by atoms with Gasteiger partial charge in [-0.05, 0) is 68.5 Å². The summed E-state index contributed by atoms with van der Waals surface area (Å²) in [6, 6.07) is 12.7. The Labute approximate surface area is 202 Å². The van der Waals surface area contributed by atoms with Crippen molar-refractivity contribution in [3.8, 4) is 11.5 Å². The third-order valence-corrected chi connectivity index (χ3v) is 7.52. The van der Waals surface area contributed by atoms with E-state index in [9.17, 15) is 25.9 Å². The summed E-state index contributed by atoms with van der Waals surface area (Å²) < 4.78 is 76.4. The van der Waals surface area contributed by atoms with E-state index in [1.165, 1.54) is 26.0 Å². The van der Waals surface area contributed by atoms with Crippen molar-refractivity contribution in [1.29, 1.82) is 0 Å². The highest BCUT2D eigenvalue weighted by Gasteiger charge is 2.28. The molecule has 34 heavy (non-hydrogen) atoms. The molecule has 190 valence electrons. The quantitative estimate of drug-likeness (QED) is 0.378. The number of hydrogen-bond donors (Lipinski definition) is 2. The van der Waals surface area contributed by atoms with Crippen molar-refractivity contribution >= 4 is 25.9 Å². The van der Waals surface area contributed by atoms with Crippen LogP contribution in [0.4, 0.5) is 5.69 Å². The van der Waals surface area contributed by atoms with Crippen LogP contribution in [0.2, 0.25) is 0 Å². The summed E-state index contributed by atoms with van der Waals surface area (Å²) in [4.78, 5) is 2.22. The van der Waals surface area contributed by atoms with E-state index in [2.05, 4.69) is 18.7 Å². The molecule has 2 rings (SSSR count). The van der Waals surface area contributed by atoms with Crippen LogP contribution in [0.25, 0.3) is 0 Å². The first-order chi connectivity index (χ1) is 15.9. The van der Waals surface area contributed by atoms with E-state index in [0.717, 1.165) is 29.9 Å². The highest BCUT2D eigenvalue weighted by Crippen LogP contribution is 2.33. The lowest BCUT2D eigenvalue weighted by Gasteiger charge is -2.22. The van der Waals surface area contributed by atoms with Crippen molar-refractivity contribution in [2.75, 3.05) is 18.0 Å². The van der Waals surface area contributed by atoms with E-state index in [1.54, 1.807) is 6.07 Å². The predicted octanol–water partition coefficient (Wildman–Crippen LogP) is 4.13. The van der Waals surface area contributed by atoms with Gasteiger partial charge in [0.25, 0.3) is 0 Å². The average molecular weight is 516 g/mol. The maximum atomic E-state index is 11.7. The second-order valence-corrected chi connectivity index (χ2v) is 10.8. The molecule has 2 aromatic rings. The first-order valence-electron chi connectivity index (χ1n) is 11.2. The lowest BCUT2D eigenvalue weighted by molar-refractivity contribution is 0.213. The fourth-order valence-electron chi connectivity index (χ4n) is 3.49. The Bertz CT molecular complexity index is 1140. The van der Waals surface area contributed by atoms with Crippen LogP contribution < -0.4 is 14.4 Å². The molecule has 9 nitrogen and oxygen atoms in total. The molecule has 0 aliphatic rings. The van der Waals surface area contributed by atoms with E-state index in [4.69, 9.17) is 9.47 Å². The molecule has 0 bridgehead atoms. The maximum absolute atomic E-state index is 11.7. The number of anilines is 1. The molecule has 0 aliphatic carbocycles. The molecular formula is C23H33NO8S2. The van der Waals surface area contributed by atoms with Crippen LogP contribution in [0.3, 0.4) is 0 Å². The second kappa shape index (κ2) is 11.9. The van der Waals surface area contributed by atoms with Gasteiger partial charge in [-0.3, -0.25) is 9.11 Å². The highest BCUT2D eigenvalue weighted by atomic mass is 32.2. The Morgan fingerprint density at radius 2 is 1.21 bits per heavy atom. The van der Waals surface area contributed by atoms with Crippen LogP contribution in [0.15, 0.2) is 42.5 Å². The SMILES string of the molecule is CCC(Oc1ccc(Cc2ccc(N(CC)CC)cc2)cc1OC(CC)S(=O)(=O)O)S(=O)(=O)O. The largest absolute Gasteiger partial charge is 0.468 e. The summed E-state index contributed by atoms with van der Waals surface area (Å²) in [6.07, 6.45) is 0.395. The van der Waals surface area contributed by atoms with E-state index in [-0.39, 0.29) is 24.3 Å². The minimum absolute atomic E-state index is 0.0472. The number of benzene rings is 2. The molecular weight excluding hydrogens is 482 g/mol. The number of ether oxygens (including phenoxy) is 2. The third-order valence-electron chi connectivity index (χ3n) is 5.33. The van der Waals surface area contributed by atoms with Gasteiger partial charge in [0.2, 0.25) is 10.9 Å². The van der Waals surface area contributed by atoms with E-state index >= 15 is 0 Å². The lowest BCUT2D eigenvalue weighted by atomic mass is 10.0. The van der Waals surface area contributed by atoms with E-state index in [1.807, 2.05) is 24.3 Å². The summed E-state index contributed by atoms with van der Waals surface area (Å²) in [5, 5.41) is 0. The van der Waals surface area contributed by atoms with Gasteiger partial charge in [-0.1, -0.05) is 32.0 Å². The molecule has 0 aromatic heterocycles. The van der Waals surface area contributed by atoms with Gasteiger partial charge in [-0.2, -0.15) is 16.8 Å². The Morgan fingerprint density at radius 3 is 1.65 bits per heavy atom. The highest BCUT2D eigenvalue weighted by molar-refractivity contribution is 7.86. The van der Waals surface area contributed by atoms with Gasteiger partial charge >= 0.3 is 20.2 Å². The first kappa shape index (κ1) is 27.9. The van der Waals surface area contributed by atoms with Gasteiger partial charge in [-0.25, -0.2) is 0 Å². The minimum Gasteiger partial charge on any atom is -0.468 e. The molecule has 2 atom stereocenters. The Kier molecular flexibility index (Phi) is 9.74. The monoisotopic (exact) mass is 515 g/mol. The van der Waals surface area contributed by atoms with Crippen LogP contribution in [0.5, 0.6) is 11.5 Å². The fourth-order valence-corrected chi connectivity index (χ4v) is 4.79. The zero-order valence-corrected chi connectivity index (χ0v) is 21.5. The molecule has 0 heterocycles. The topological polar surface area (TPSA) is 130 Å². The minimum atomic E-state index is -4.53. The first-order valence-corrected chi connectivity index (χ1v) is 14.2. The maximum Gasteiger partial charge on any atom is 0.303 e. The molecule has 2 N–H and O–H groups in total. The second-order valence-electron chi connectivity index (χ2n) is 7.74. The summed E-state index contributed by atoms with van der Waals surface area (Å²) in [7, 11) is -9.05. The van der Waals surface area contributed by atoms with Crippen LogP contribution >= 0.6 is 0 Å². The predicted molar refractivity (Wildman–Crippen MR) is 132 cm³/mol. The smallest absolute Gasteiger partial charge is 0.303 e. The van der Waals surface area contributed by atoms with E-state index < -0.39 is 31.1 Å². The summed E-state index contributed by atoms with van der Waals surface area (Å²) in [6.45, 7) is 9.00. The van der Waals surface area contributed by atoms with Gasteiger partial charge in [0.1, 0.15) is 0 Å². The van der Waals surface area contributed by atoms with Gasteiger partial charge < -0.3 is 14.4 Å².